The number of aliphatic imine (C=N–C) groups is 1. The molecule has 5 rings (SSSR count). The van der Waals surface area contributed by atoms with Crippen molar-refractivity contribution < 1.29 is 37.4 Å². The van der Waals surface area contributed by atoms with Gasteiger partial charge in [0.2, 0.25) is 0 Å². The molecule has 2 aliphatic heterocycles. The first-order valence-electron chi connectivity index (χ1n) is 14.0. The lowest BCUT2D eigenvalue weighted by molar-refractivity contribution is -0.144. The number of halogens is 3. The number of urea groups is 2. The minimum absolute atomic E-state index is 0.0413. The van der Waals surface area contributed by atoms with E-state index >= 15 is 0 Å². The Labute approximate surface area is 241 Å². The minimum Gasteiger partial charge on any atom is -0.468 e. The Morgan fingerprint density at radius 1 is 1.05 bits per heavy atom. The molecular weight excluding hydrogens is 553 g/mol. The number of hydrogen-bond acceptors (Lipinski definition) is 6. The zero-order valence-electron chi connectivity index (χ0n) is 23.4. The van der Waals surface area contributed by atoms with Crippen LogP contribution < -0.4 is 5.32 Å². The standard InChI is InChI=1S/C30H33F3N4O5/c1-17-25(27(38)42-2)26(18-7-8-23(32)24(33)15-18)37(28(39)34-17)29(40)35-19-11-14-36(16-19)20-9-12-30(41,13-10-20)21-5-3-4-6-22(21)31/h3-8,15,19-20,25-26,41H,9-14,16H2,1-2H3,(H,35,40)/t19-,20?,25?,26+,30?/m1/s1. The molecule has 2 N–H and O–H groups in total. The molecule has 4 amide bonds. The SMILES string of the molecule is COC(=O)C1C(C)=NC(=O)N(C(=O)N[C@@H]2CCN(C3CCC(O)(c4ccccc4F)CC3)C2)[C@H]1c1ccc(F)c(F)c1. The Balaban J connectivity index is 1.28. The number of rotatable bonds is 5. The van der Waals surface area contributed by atoms with E-state index < -0.39 is 53.0 Å². The van der Waals surface area contributed by atoms with Crippen LogP contribution in [0.2, 0.25) is 0 Å². The Morgan fingerprint density at radius 2 is 1.76 bits per heavy atom. The van der Waals surface area contributed by atoms with Crippen LogP contribution in [0.3, 0.4) is 0 Å². The van der Waals surface area contributed by atoms with Crippen LogP contribution in [0.5, 0.6) is 0 Å². The molecule has 2 aromatic rings. The molecule has 42 heavy (non-hydrogen) atoms. The minimum atomic E-state index is -1.30. The Kier molecular flexibility index (Phi) is 8.38. The second-order valence-corrected chi connectivity index (χ2v) is 11.2. The summed E-state index contributed by atoms with van der Waals surface area (Å²) in [7, 11) is 1.15. The van der Waals surface area contributed by atoms with Gasteiger partial charge in [0.05, 0.1) is 18.8 Å². The van der Waals surface area contributed by atoms with Gasteiger partial charge in [-0.2, -0.15) is 0 Å². The van der Waals surface area contributed by atoms with E-state index in [1.54, 1.807) is 18.2 Å². The molecule has 2 heterocycles. The van der Waals surface area contributed by atoms with E-state index in [2.05, 4.69) is 15.2 Å². The molecule has 2 fully saturated rings. The van der Waals surface area contributed by atoms with E-state index in [4.69, 9.17) is 4.74 Å². The van der Waals surface area contributed by atoms with Gasteiger partial charge in [0, 0.05) is 36.4 Å². The van der Waals surface area contributed by atoms with E-state index in [9.17, 15) is 32.7 Å². The van der Waals surface area contributed by atoms with Crippen LogP contribution in [0.15, 0.2) is 47.5 Å². The van der Waals surface area contributed by atoms with Crippen LogP contribution in [0.4, 0.5) is 22.8 Å². The van der Waals surface area contributed by atoms with Gasteiger partial charge in [-0.05, 0) is 62.8 Å². The van der Waals surface area contributed by atoms with Crippen molar-refractivity contribution in [3.63, 3.8) is 0 Å². The molecule has 1 aliphatic carbocycles. The third-order valence-corrected chi connectivity index (χ3v) is 8.70. The number of aliphatic hydroxyl groups is 1. The zero-order valence-corrected chi connectivity index (χ0v) is 23.4. The second kappa shape index (κ2) is 11.8. The lowest BCUT2D eigenvalue weighted by Gasteiger charge is -2.40. The molecule has 0 aromatic heterocycles. The van der Waals surface area contributed by atoms with Crippen molar-refractivity contribution in [1.29, 1.82) is 0 Å². The van der Waals surface area contributed by atoms with Gasteiger partial charge < -0.3 is 15.2 Å². The summed E-state index contributed by atoms with van der Waals surface area (Å²) in [6.45, 7) is 2.58. The normalized spacial score (nSPS) is 28.4. The zero-order chi connectivity index (χ0) is 30.2. The van der Waals surface area contributed by atoms with Crippen LogP contribution in [0.25, 0.3) is 0 Å². The largest absolute Gasteiger partial charge is 0.468 e. The van der Waals surface area contributed by atoms with E-state index in [1.807, 2.05) is 0 Å². The first kappa shape index (κ1) is 29.7. The van der Waals surface area contributed by atoms with Gasteiger partial charge in [0.25, 0.3) is 0 Å². The maximum absolute atomic E-state index is 14.3. The predicted molar refractivity (Wildman–Crippen MR) is 146 cm³/mol. The smallest absolute Gasteiger partial charge is 0.352 e. The highest BCUT2D eigenvalue weighted by Gasteiger charge is 2.47. The van der Waals surface area contributed by atoms with Crippen molar-refractivity contribution in [2.75, 3.05) is 20.2 Å². The van der Waals surface area contributed by atoms with Crippen molar-refractivity contribution in [2.24, 2.45) is 10.9 Å². The second-order valence-electron chi connectivity index (χ2n) is 11.2. The van der Waals surface area contributed by atoms with Crippen molar-refractivity contribution in [2.45, 2.75) is 62.8 Å². The monoisotopic (exact) mass is 586 g/mol. The Morgan fingerprint density at radius 3 is 2.43 bits per heavy atom. The number of likely N-dealkylation sites (tertiary alicyclic amines) is 1. The summed E-state index contributed by atoms with van der Waals surface area (Å²) in [5, 5.41) is 14.0. The Bertz CT molecular complexity index is 1410. The summed E-state index contributed by atoms with van der Waals surface area (Å²) in [5.41, 5.74) is -0.794. The van der Waals surface area contributed by atoms with Gasteiger partial charge in [-0.1, -0.05) is 24.3 Å². The molecule has 3 atom stereocenters. The van der Waals surface area contributed by atoms with E-state index in [0.717, 1.165) is 24.1 Å². The highest BCUT2D eigenvalue weighted by molar-refractivity contribution is 6.11. The average Bonchev–Trinajstić information content (AvgIpc) is 3.42. The number of benzene rings is 2. The fourth-order valence-corrected chi connectivity index (χ4v) is 6.48. The van der Waals surface area contributed by atoms with Gasteiger partial charge in [0.1, 0.15) is 11.7 Å². The van der Waals surface area contributed by atoms with Gasteiger partial charge in [-0.25, -0.2) is 32.7 Å². The van der Waals surface area contributed by atoms with Crippen LogP contribution in [0, 0.1) is 23.4 Å². The lowest BCUT2D eigenvalue weighted by Crippen LogP contribution is -2.54. The fourth-order valence-electron chi connectivity index (χ4n) is 6.48. The molecule has 0 radical (unpaired) electrons. The molecule has 1 unspecified atom stereocenters. The topological polar surface area (TPSA) is 112 Å². The number of nitrogens with zero attached hydrogens (tertiary/aromatic N) is 3. The number of nitrogens with one attached hydrogen (secondary N) is 1. The molecule has 1 saturated heterocycles. The van der Waals surface area contributed by atoms with Crippen molar-refractivity contribution in [3.05, 3.63) is 71.0 Å². The molecular formula is C30H33F3N4O5. The van der Waals surface area contributed by atoms with Gasteiger partial charge in [-0.15, -0.1) is 0 Å². The molecule has 3 aliphatic rings. The number of amides is 4. The summed E-state index contributed by atoms with van der Waals surface area (Å²) >= 11 is 0. The first-order chi connectivity index (χ1) is 20.0. The summed E-state index contributed by atoms with van der Waals surface area (Å²) < 4.78 is 47.2. The molecule has 2 aromatic carbocycles. The van der Waals surface area contributed by atoms with E-state index in [-0.39, 0.29) is 23.4 Å². The third-order valence-electron chi connectivity index (χ3n) is 8.70. The third kappa shape index (κ3) is 5.65. The number of esters is 1. The maximum Gasteiger partial charge on any atom is 0.352 e. The van der Waals surface area contributed by atoms with Crippen molar-refractivity contribution in [1.82, 2.24) is 15.1 Å². The van der Waals surface area contributed by atoms with Crippen LogP contribution in [0.1, 0.15) is 56.2 Å². The highest BCUT2D eigenvalue weighted by atomic mass is 19.2. The number of ether oxygens (including phenoxy) is 1. The van der Waals surface area contributed by atoms with Gasteiger partial charge in [0.15, 0.2) is 11.6 Å². The molecule has 224 valence electrons. The van der Waals surface area contributed by atoms with Crippen molar-refractivity contribution >= 4 is 23.7 Å². The first-order valence-corrected chi connectivity index (χ1v) is 14.0. The Hall–Kier alpha value is -3.77. The van der Waals surface area contributed by atoms with Crippen LogP contribution in [-0.2, 0) is 15.1 Å². The highest BCUT2D eigenvalue weighted by Crippen LogP contribution is 2.40. The molecule has 9 nitrogen and oxygen atoms in total. The molecule has 0 spiro atoms. The quantitative estimate of drug-likeness (QED) is 0.501. The maximum atomic E-state index is 14.3. The number of hydrogen-bond donors (Lipinski definition) is 2. The fraction of sp³-hybridized carbons (Fsp3) is 0.467. The number of carbonyl (C=O) groups excluding carboxylic acids is 3. The van der Waals surface area contributed by atoms with E-state index in [0.29, 0.717) is 50.8 Å². The van der Waals surface area contributed by atoms with Crippen LogP contribution in [-0.4, -0.2) is 70.9 Å². The summed E-state index contributed by atoms with van der Waals surface area (Å²) in [5.74, 6) is -4.72. The summed E-state index contributed by atoms with van der Waals surface area (Å²) in [6, 6.07) is 5.93. The predicted octanol–water partition coefficient (Wildman–Crippen LogP) is 4.45. The molecule has 0 bridgehead atoms. The molecule has 12 heteroatoms. The number of methoxy groups -OCH3 is 1. The van der Waals surface area contributed by atoms with Gasteiger partial charge in [-0.3, -0.25) is 9.69 Å². The average molecular weight is 587 g/mol. The lowest BCUT2D eigenvalue weighted by atomic mass is 9.77. The van der Waals surface area contributed by atoms with Crippen LogP contribution >= 0.6 is 0 Å². The van der Waals surface area contributed by atoms with Crippen molar-refractivity contribution in [3.8, 4) is 0 Å². The van der Waals surface area contributed by atoms with Gasteiger partial charge >= 0.3 is 18.0 Å². The molecule has 1 saturated carbocycles. The summed E-state index contributed by atoms with van der Waals surface area (Å²) in [4.78, 5) is 46.1. The number of imide groups is 1. The van der Waals surface area contributed by atoms with E-state index in [1.165, 1.54) is 19.1 Å². The number of carbonyl (C=O) groups is 3. The summed E-state index contributed by atoms with van der Waals surface area (Å²) in [6.07, 6.45) is 2.67.